The number of carbonyl (C=O) groups excluding carboxylic acids is 1. The van der Waals surface area contributed by atoms with Gasteiger partial charge in [0.2, 0.25) is 0 Å². The minimum absolute atomic E-state index is 0.0157. The van der Waals surface area contributed by atoms with E-state index < -0.39 is 5.97 Å². The molecule has 0 heterocycles. The summed E-state index contributed by atoms with van der Waals surface area (Å²) >= 11 is 0. The second-order valence-corrected chi connectivity index (χ2v) is 1.99. The maximum atomic E-state index is 10.4. The molecule has 0 saturated carbocycles. The zero-order valence-electron chi connectivity index (χ0n) is 5.72. The minimum Gasteiger partial charge on any atom is -0.463 e. The Morgan fingerprint density at radius 1 is 1.56 bits per heavy atom. The van der Waals surface area contributed by atoms with Crippen LogP contribution >= 0.6 is 0 Å². The minimum atomic E-state index is -0.403. The normalized spacial score (nSPS) is 9.78. The van der Waals surface area contributed by atoms with Gasteiger partial charge >= 0.3 is 5.97 Å². The largest absolute Gasteiger partial charge is 0.463 e. The van der Waals surface area contributed by atoms with E-state index in [1.165, 1.54) is 0 Å². The van der Waals surface area contributed by atoms with E-state index in [-0.39, 0.29) is 19.1 Å². The van der Waals surface area contributed by atoms with Crippen molar-refractivity contribution in [1.82, 2.24) is 0 Å². The van der Waals surface area contributed by atoms with Crippen molar-refractivity contribution in [3.05, 3.63) is 0 Å². The molecule has 0 aliphatic heterocycles. The highest BCUT2D eigenvalue weighted by molar-refractivity contribution is 5.69. The summed E-state index contributed by atoms with van der Waals surface area (Å²) < 4.78 is 4.65. The van der Waals surface area contributed by atoms with Crippen LogP contribution in [0.3, 0.4) is 0 Å². The molecule has 9 heavy (non-hydrogen) atoms. The Bertz CT molecular complexity index is 88.3. The lowest BCUT2D eigenvalue weighted by Crippen LogP contribution is -2.11. The Balaban J connectivity index is 3.27. The van der Waals surface area contributed by atoms with E-state index in [9.17, 15) is 9.90 Å². The van der Waals surface area contributed by atoms with Gasteiger partial charge in [0.25, 0.3) is 0 Å². The summed E-state index contributed by atoms with van der Waals surface area (Å²) in [5.74, 6) is -0.403. The topological polar surface area (TPSA) is 46.2 Å². The van der Waals surface area contributed by atoms with Gasteiger partial charge in [-0.3, -0.25) is 4.79 Å². The lowest BCUT2D eigenvalue weighted by molar-refractivity contribution is -0.148. The van der Waals surface area contributed by atoms with Crippen LogP contribution in [0.2, 0.25) is 0 Å². The van der Waals surface area contributed by atoms with Crippen molar-refractivity contribution in [2.45, 2.75) is 26.4 Å². The lowest BCUT2D eigenvalue weighted by atomic mass is 10.4. The highest BCUT2D eigenvalue weighted by Crippen LogP contribution is 1.91. The number of hydrogen-bond donors (Lipinski definition) is 0. The standard InChI is InChI=1S/C6H11O3/c1-5(2)9-6(8)3-4-7/h5H,3-4H2,1-2H3. The maximum absolute atomic E-state index is 10.4. The molecule has 0 aromatic carbocycles. The predicted octanol–water partition coefficient (Wildman–Crippen LogP) is 0.759. The first-order chi connectivity index (χ1) is 4.16. The van der Waals surface area contributed by atoms with Gasteiger partial charge in [0.1, 0.15) is 0 Å². The van der Waals surface area contributed by atoms with Crippen LogP contribution in [0.1, 0.15) is 20.3 Å². The molecule has 3 nitrogen and oxygen atoms in total. The molecule has 0 atom stereocenters. The first-order valence-corrected chi connectivity index (χ1v) is 2.94. The third-order valence-electron chi connectivity index (χ3n) is 0.673. The fourth-order valence-electron chi connectivity index (χ4n) is 0.405. The van der Waals surface area contributed by atoms with E-state index >= 15 is 0 Å². The SMILES string of the molecule is CC(C)OC(=O)CC[O]. The molecule has 0 bridgehead atoms. The Kier molecular flexibility index (Phi) is 4.05. The summed E-state index contributed by atoms with van der Waals surface area (Å²) in [6, 6.07) is 0. The highest BCUT2D eigenvalue weighted by atomic mass is 16.5. The Morgan fingerprint density at radius 2 is 2.11 bits per heavy atom. The molecule has 0 rings (SSSR count). The van der Waals surface area contributed by atoms with Gasteiger partial charge in [0.15, 0.2) is 0 Å². The summed E-state index contributed by atoms with van der Waals surface area (Å²) in [7, 11) is 0. The second kappa shape index (κ2) is 4.32. The Hall–Kier alpha value is -0.570. The van der Waals surface area contributed by atoms with Crippen molar-refractivity contribution < 1.29 is 14.6 Å². The molecule has 3 heteroatoms. The molecule has 0 unspecified atom stereocenters. The van der Waals surface area contributed by atoms with Gasteiger partial charge in [-0.25, -0.2) is 5.11 Å². The number of carbonyl (C=O) groups is 1. The lowest BCUT2D eigenvalue weighted by Gasteiger charge is -2.04. The maximum Gasteiger partial charge on any atom is 0.308 e. The average molecular weight is 131 g/mol. The summed E-state index contributed by atoms with van der Waals surface area (Å²) in [5, 5.41) is 9.82. The fourth-order valence-corrected chi connectivity index (χ4v) is 0.405. The molecule has 0 amide bonds. The number of ether oxygens (including phenoxy) is 1. The second-order valence-electron chi connectivity index (χ2n) is 1.99. The molecule has 0 aliphatic carbocycles. The summed E-state index contributed by atoms with van der Waals surface area (Å²) in [6.07, 6.45) is -0.123. The number of esters is 1. The third kappa shape index (κ3) is 5.30. The van der Waals surface area contributed by atoms with Gasteiger partial charge in [-0.1, -0.05) is 0 Å². The van der Waals surface area contributed by atoms with Crippen molar-refractivity contribution in [3.8, 4) is 0 Å². The van der Waals surface area contributed by atoms with Crippen LogP contribution in [-0.4, -0.2) is 18.7 Å². The van der Waals surface area contributed by atoms with Crippen molar-refractivity contribution in [3.63, 3.8) is 0 Å². The molecular formula is C6H11O3. The van der Waals surface area contributed by atoms with Gasteiger partial charge in [-0.15, -0.1) is 0 Å². The van der Waals surface area contributed by atoms with Crippen molar-refractivity contribution in [1.29, 1.82) is 0 Å². The molecule has 0 fully saturated rings. The van der Waals surface area contributed by atoms with E-state index in [1.807, 2.05) is 0 Å². The molecule has 0 saturated heterocycles. The van der Waals surface area contributed by atoms with Crippen LogP contribution in [0, 0.1) is 0 Å². The van der Waals surface area contributed by atoms with Gasteiger partial charge in [-0.05, 0) is 13.8 Å². The summed E-state index contributed by atoms with van der Waals surface area (Å²) in [4.78, 5) is 10.4. The van der Waals surface area contributed by atoms with Crippen molar-refractivity contribution in [2.24, 2.45) is 0 Å². The molecule has 0 aromatic rings. The van der Waals surface area contributed by atoms with Crippen LogP contribution in [0.5, 0.6) is 0 Å². The number of hydrogen-bond acceptors (Lipinski definition) is 2. The van der Waals surface area contributed by atoms with E-state index in [4.69, 9.17) is 0 Å². The smallest absolute Gasteiger partial charge is 0.308 e. The van der Waals surface area contributed by atoms with Crippen LogP contribution < -0.4 is 0 Å². The van der Waals surface area contributed by atoms with E-state index in [0.29, 0.717) is 0 Å². The van der Waals surface area contributed by atoms with Crippen LogP contribution in [-0.2, 0) is 14.6 Å². The van der Waals surface area contributed by atoms with Gasteiger partial charge < -0.3 is 4.74 Å². The van der Waals surface area contributed by atoms with Crippen LogP contribution in [0.4, 0.5) is 0 Å². The molecule has 0 aliphatic rings. The highest BCUT2D eigenvalue weighted by Gasteiger charge is 2.02. The third-order valence-corrected chi connectivity index (χ3v) is 0.673. The zero-order chi connectivity index (χ0) is 7.28. The van der Waals surface area contributed by atoms with Gasteiger partial charge in [-0.2, -0.15) is 0 Å². The summed E-state index contributed by atoms with van der Waals surface area (Å²) in [5.41, 5.74) is 0. The first-order valence-electron chi connectivity index (χ1n) is 2.94. The first kappa shape index (κ1) is 8.43. The molecule has 0 N–H and O–H groups in total. The van der Waals surface area contributed by atoms with Crippen LogP contribution in [0.25, 0.3) is 0 Å². The van der Waals surface area contributed by atoms with Crippen LogP contribution in [0.15, 0.2) is 0 Å². The Labute approximate surface area is 54.6 Å². The predicted molar refractivity (Wildman–Crippen MR) is 31.4 cm³/mol. The average Bonchev–Trinajstić information content (AvgIpc) is 1.63. The van der Waals surface area contributed by atoms with E-state index in [1.54, 1.807) is 13.8 Å². The Morgan fingerprint density at radius 3 is 2.44 bits per heavy atom. The van der Waals surface area contributed by atoms with Crippen molar-refractivity contribution >= 4 is 5.97 Å². The molecule has 53 valence electrons. The van der Waals surface area contributed by atoms with E-state index in [2.05, 4.69) is 4.74 Å². The molecule has 0 spiro atoms. The fraction of sp³-hybridized carbons (Fsp3) is 0.833. The molecule has 0 aromatic heterocycles. The van der Waals surface area contributed by atoms with E-state index in [0.717, 1.165) is 0 Å². The molecular weight excluding hydrogens is 120 g/mol. The number of rotatable bonds is 3. The van der Waals surface area contributed by atoms with Gasteiger partial charge in [0.05, 0.1) is 19.1 Å². The zero-order valence-corrected chi connectivity index (χ0v) is 5.72. The monoisotopic (exact) mass is 131 g/mol. The summed E-state index contributed by atoms with van der Waals surface area (Å²) in [6.45, 7) is 3.12. The quantitative estimate of drug-likeness (QED) is 0.531. The molecule has 1 radical (unpaired) electrons. The van der Waals surface area contributed by atoms with Crippen molar-refractivity contribution in [2.75, 3.05) is 6.61 Å². The van der Waals surface area contributed by atoms with Gasteiger partial charge in [0, 0.05) is 0 Å².